The number of carbonyl (C=O) groups excluding carboxylic acids is 2. The molecule has 2 amide bonds. The molecule has 126 valence electrons. The molecule has 0 aliphatic carbocycles. The fourth-order valence-corrected chi connectivity index (χ4v) is 2.03. The van der Waals surface area contributed by atoms with Crippen LogP contribution in [0.2, 0.25) is 0 Å². The second-order valence-electron chi connectivity index (χ2n) is 5.00. The zero-order chi connectivity index (χ0) is 17.9. The van der Waals surface area contributed by atoms with E-state index < -0.39 is 28.2 Å². The van der Waals surface area contributed by atoms with Gasteiger partial charge in [0.1, 0.15) is 11.5 Å². The Morgan fingerprint density at radius 2 is 1.96 bits per heavy atom. The first kappa shape index (κ1) is 17.1. The van der Waals surface area contributed by atoms with E-state index in [0.29, 0.717) is 11.5 Å². The van der Waals surface area contributed by atoms with Gasteiger partial charge in [-0.05, 0) is 32.0 Å². The number of nitrogens with zero attached hydrogens (tertiary/aromatic N) is 1. The lowest BCUT2D eigenvalue weighted by molar-refractivity contribution is -0.387. The summed E-state index contributed by atoms with van der Waals surface area (Å²) in [5.41, 5.74) is -0.123. The number of furan rings is 1. The molecular formula is C15H14FN3O5. The van der Waals surface area contributed by atoms with Gasteiger partial charge >= 0.3 is 17.5 Å². The summed E-state index contributed by atoms with van der Waals surface area (Å²) in [4.78, 5) is 33.3. The molecule has 0 fully saturated rings. The second-order valence-corrected chi connectivity index (χ2v) is 5.00. The van der Waals surface area contributed by atoms with Crippen LogP contribution in [0, 0.1) is 29.8 Å². The number of benzene rings is 1. The Kier molecular flexibility index (Phi) is 4.93. The molecule has 1 aromatic carbocycles. The molecule has 0 aliphatic heterocycles. The maximum absolute atomic E-state index is 13.2. The highest BCUT2D eigenvalue weighted by molar-refractivity contribution is 6.39. The summed E-state index contributed by atoms with van der Waals surface area (Å²) in [6.07, 6.45) is 0. The number of hydrogen-bond acceptors (Lipinski definition) is 5. The minimum absolute atomic E-state index is 0.0569. The molecule has 8 nitrogen and oxygen atoms in total. The largest absolute Gasteiger partial charge is 0.466 e. The summed E-state index contributed by atoms with van der Waals surface area (Å²) in [5, 5.41) is 15.2. The van der Waals surface area contributed by atoms with E-state index in [1.54, 1.807) is 19.9 Å². The van der Waals surface area contributed by atoms with Crippen LogP contribution in [0.4, 0.5) is 15.8 Å². The van der Waals surface area contributed by atoms with Crippen molar-refractivity contribution in [2.24, 2.45) is 0 Å². The van der Waals surface area contributed by atoms with E-state index in [1.807, 2.05) is 0 Å². The molecule has 0 saturated carbocycles. The van der Waals surface area contributed by atoms with Crippen LogP contribution >= 0.6 is 0 Å². The van der Waals surface area contributed by atoms with Gasteiger partial charge in [0.15, 0.2) is 0 Å². The number of carbonyl (C=O) groups is 2. The highest BCUT2D eigenvalue weighted by Gasteiger charge is 2.18. The molecule has 2 aromatic rings. The van der Waals surface area contributed by atoms with Crippen molar-refractivity contribution in [2.45, 2.75) is 20.4 Å². The summed E-state index contributed by atoms with van der Waals surface area (Å²) < 4.78 is 18.5. The van der Waals surface area contributed by atoms with Crippen molar-refractivity contribution in [3.05, 3.63) is 57.3 Å². The van der Waals surface area contributed by atoms with Crippen LogP contribution in [0.1, 0.15) is 17.1 Å². The van der Waals surface area contributed by atoms with Gasteiger partial charge in [-0.3, -0.25) is 19.7 Å². The Morgan fingerprint density at radius 3 is 2.54 bits per heavy atom. The van der Waals surface area contributed by atoms with Crippen molar-refractivity contribution >= 4 is 23.2 Å². The van der Waals surface area contributed by atoms with E-state index in [4.69, 9.17) is 4.42 Å². The predicted molar refractivity (Wildman–Crippen MR) is 81.7 cm³/mol. The molecule has 24 heavy (non-hydrogen) atoms. The molecule has 0 saturated heterocycles. The van der Waals surface area contributed by atoms with Gasteiger partial charge in [0, 0.05) is 23.9 Å². The number of hydrogen-bond donors (Lipinski definition) is 2. The second kappa shape index (κ2) is 6.90. The van der Waals surface area contributed by atoms with Gasteiger partial charge in [-0.1, -0.05) is 0 Å². The Morgan fingerprint density at radius 1 is 1.25 bits per heavy atom. The summed E-state index contributed by atoms with van der Waals surface area (Å²) in [7, 11) is 0. The number of nitro groups is 1. The van der Waals surface area contributed by atoms with E-state index in [-0.39, 0.29) is 12.2 Å². The van der Waals surface area contributed by atoms with Crippen molar-refractivity contribution in [2.75, 3.05) is 5.32 Å². The van der Waals surface area contributed by atoms with Gasteiger partial charge in [-0.25, -0.2) is 0 Å². The highest BCUT2D eigenvalue weighted by atomic mass is 19.1. The topological polar surface area (TPSA) is 114 Å². The molecule has 2 rings (SSSR count). The number of rotatable bonds is 4. The maximum atomic E-state index is 13.2. The fourth-order valence-electron chi connectivity index (χ4n) is 2.03. The van der Waals surface area contributed by atoms with Crippen LogP contribution in [0.15, 0.2) is 28.7 Å². The van der Waals surface area contributed by atoms with E-state index in [9.17, 15) is 24.1 Å². The lowest BCUT2D eigenvalue weighted by atomic mass is 10.2. The zero-order valence-electron chi connectivity index (χ0n) is 12.9. The Balaban J connectivity index is 1.99. The van der Waals surface area contributed by atoms with Crippen molar-refractivity contribution in [3.63, 3.8) is 0 Å². The van der Waals surface area contributed by atoms with Crippen LogP contribution < -0.4 is 10.6 Å². The standard InChI is InChI=1S/C15H14FN3O5/c1-8-5-10(9(2)24-8)7-17-14(20)15(21)18-11-3-4-12(16)13(6-11)19(22)23/h3-6H,7H2,1-2H3,(H,17,20)(H,18,21). The van der Waals surface area contributed by atoms with Gasteiger partial charge < -0.3 is 15.1 Å². The van der Waals surface area contributed by atoms with Gasteiger partial charge in [-0.15, -0.1) is 0 Å². The Hall–Kier alpha value is -3.23. The summed E-state index contributed by atoms with van der Waals surface area (Å²) in [6.45, 7) is 3.58. The molecule has 0 unspecified atom stereocenters. The zero-order valence-corrected chi connectivity index (χ0v) is 12.9. The van der Waals surface area contributed by atoms with Gasteiger partial charge in [0.2, 0.25) is 5.82 Å². The monoisotopic (exact) mass is 335 g/mol. The third kappa shape index (κ3) is 3.94. The van der Waals surface area contributed by atoms with Crippen molar-refractivity contribution in [3.8, 4) is 0 Å². The Bertz CT molecular complexity index is 815. The lowest BCUT2D eigenvalue weighted by Crippen LogP contribution is -2.35. The van der Waals surface area contributed by atoms with Crippen molar-refractivity contribution < 1.29 is 23.3 Å². The number of amides is 2. The molecule has 0 atom stereocenters. The molecule has 1 heterocycles. The lowest BCUT2D eigenvalue weighted by Gasteiger charge is -2.06. The van der Waals surface area contributed by atoms with Crippen LogP contribution in [0.5, 0.6) is 0 Å². The third-order valence-corrected chi connectivity index (χ3v) is 3.19. The van der Waals surface area contributed by atoms with E-state index in [2.05, 4.69) is 10.6 Å². The number of aryl methyl sites for hydroxylation is 2. The minimum atomic E-state index is -1.03. The summed E-state index contributed by atoms with van der Waals surface area (Å²) in [6, 6.07) is 4.53. The highest BCUT2D eigenvalue weighted by Crippen LogP contribution is 2.21. The molecule has 0 aliphatic rings. The summed E-state index contributed by atoms with van der Waals surface area (Å²) in [5.74, 6) is -1.68. The van der Waals surface area contributed by atoms with E-state index >= 15 is 0 Å². The van der Waals surface area contributed by atoms with Gasteiger partial charge in [0.25, 0.3) is 0 Å². The van der Waals surface area contributed by atoms with Crippen LogP contribution in [-0.2, 0) is 16.1 Å². The summed E-state index contributed by atoms with van der Waals surface area (Å²) >= 11 is 0. The molecule has 2 N–H and O–H groups in total. The molecular weight excluding hydrogens is 321 g/mol. The molecule has 9 heteroatoms. The van der Waals surface area contributed by atoms with Gasteiger partial charge in [-0.2, -0.15) is 4.39 Å². The average molecular weight is 335 g/mol. The van der Waals surface area contributed by atoms with Crippen molar-refractivity contribution in [1.82, 2.24) is 5.32 Å². The average Bonchev–Trinajstić information content (AvgIpc) is 2.84. The first-order chi connectivity index (χ1) is 11.3. The van der Waals surface area contributed by atoms with E-state index in [1.165, 1.54) is 0 Å². The fraction of sp³-hybridized carbons (Fsp3) is 0.200. The molecule has 0 radical (unpaired) electrons. The quantitative estimate of drug-likeness (QED) is 0.505. The predicted octanol–water partition coefficient (Wildman–Crippen LogP) is 2.20. The number of nitro benzene ring substituents is 1. The Labute approximate surface area is 135 Å². The van der Waals surface area contributed by atoms with E-state index in [0.717, 1.165) is 23.8 Å². The van der Waals surface area contributed by atoms with Crippen LogP contribution in [-0.4, -0.2) is 16.7 Å². The number of anilines is 1. The molecule has 0 spiro atoms. The maximum Gasteiger partial charge on any atom is 0.313 e. The smallest absolute Gasteiger partial charge is 0.313 e. The molecule has 1 aromatic heterocycles. The third-order valence-electron chi connectivity index (χ3n) is 3.19. The van der Waals surface area contributed by atoms with Crippen LogP contribution in [0.3, 0.4) is 0 Å². The van der Waals surface area contributed by atoms with Gasteiger partial charge in [0.05, 0.1) is 4.92 Å². The number of halogens is 1. The SMILES string of the molecule is Cc1cc(CNC(=O)C(=O)Nc2ccc(F)c([N+](=O)[O-])c2)c(C)o1. The normalized spacial score (nSPS) is 10.3. The van der Waals surface area contributed by atoms with Crippen molar-refractivity contribution in [1.29, 1.82) is 0 Å². The first-order valence-electron chi connectivity index (χ1n) is 6.87. The minimum Gasteiger partial charge on any atom is -0.466 e. The van der Waals surface area contributed by atoms with Crippen LogP contribution in [0.25, 0.3) is 0 Å². The number of nitrogens with one attached hydrogen (secondary N) is 2. The molecule has 0 bridgehead atoms. The first-order valence-corrected chi connectivity index (χ1v) is 6.87.